The Labute approximate surface area is 118 Å². The first kappa shape index (κ1) is 14.6. The van der Waals surface area contributed by atoms with E-state index in [2.05, 4.69) is 13.8 Å². The lowest BCUT2D eigenvalue weighted by Crippen LogP contribution is -2.15. The van der Waals surface area contributed by atoms with Crippen LogP contribution in [0.1, 0.15) is 57.4 Å². The van der Waals surface area contributed by atoms with Crippen LogP contribution in [-0.2, 0) is 10.7 Å². The van der Waals surface area contributed by atoms with E-state index in [1.54, 1.807) is 6.07 Å². The molecule has 2 rings (SSSR count). The molecule has 19 heavy (non-hydrogen) atoms. The summed E-state index contributed by atoms with van der Waals surface area (Å²) in [5.41, 5.74) is 1.04. The quantitative estimate of drug-likeness (QED) is 0.847. The topological polar surface area (TPSA) is 34.1 Å². The van der Waals surface area contributed by atoms with Gasteiger partial charge in [-0.15, -0.1) is 0 Å². The van der Waals surface area contributed by atoms with Crippen LogP contribution in [0.2, 0.25) is 0 Å². The second-order valence-corrected chi connectivity index (χ2v) is 7.16. The summed E-state index contributed by atoms with van der Waals surface area (Å²) in [7, 11) is -2.47. The summed E-state index contributed by atoms with van der Waals surface area (Å²) in [6, 6.07) is 7.50. The van der Waals surface area contributed by atoms with Crippen LogP contribution in [0.5, 0.6) is 0 Å². The number of thiol groups is 1. The lowest BCUT2D eigenvalue weighted by atomic mass is 9.76. The summed E-state index contributed by atoms with van der Waals surface area (Å²) in [6.07, 6.45) is 6.07. The van der Waals surface area contributed by atoms with Crippen LogP contribution in [0.3, 0.4) is 0 Å². The Morgan fingerprint density at radius 2 is 1.74 bits per heavy atom. The van der Waals surface area contributed by atoms with Gasteiger partial charge < -0.3 is 0 Å². The molecule has 0 unspecified atom stereocenters. The van der Waals surface area contributed by atoms with Crippen molar-refractivity contribution in [3.8, 4) is 0 Å². The third kappa shape index (κ3) is 3.82. The number of hydrogen-bond acceptors (Lipinski definition) is 2. The highest BCUT2D eigenvalue weighted by Crippen LogP contribution is 2.39. The highest BCUT2D eigenvalue weighted by atomic mass is 32.2. The fraction of sp³-hybridized carbons (Fsp3) is 0.625. The number of benzene rings is 1. The normalized spacial score (nSPS) is 24.0. The van der Waals surface area contributed by atoms with E-state index in [1.807, 2.05) is 18.2 Å². The molecular weight excluding hydrogens is 256 g/mol. The van der Waals surface area contributed by atoms with Crippen molar-refractivity contribution in [2.45, 2.75) is 56.8 Å². The maximum atomic E-state index is 11.3. The summed E-state index contributed by atoms with van der Waals surface area (Å²) in [5.74, 6) is 2.04. The highest BCUT2D eigenvalue weighted by Gasteiger charge is 2.24. The summed E-state index contributed by atoms with van der Waals surface area (Å²) in [4.78, 5) is 0.532. The minimum Gasteiger partial charge on any atom is -0.227 e. The highest BCUT2D eigenvalue weighted by molar-refractivity contribution is 7.72. The molecule has 0 N–H and O–H groups in total. The largest absolute Gasteiger partial charge is 0.227 e. The van der Waals surface area contributed by atoms with Crippen LogP contribution in [-0.4, -0.2) is 8.42 Å². The Morgan fingerprint density at radius 3 is 2.32 bits per heavy atom. The first-order chi connectivity index (χ1) is 9.08. The molecule has 1 saturated carbocycles. The zero-order valence-electron chi connectivity index (χ0n) is 11.8. The molecule has 106 valence electrons. The average Bonchev–Trinajstić information content (AvgIpc) is 2.39. The summed E-state index contributed by atoms with van der Waals surface area (Å²) in [6.45, 7) is 4.56. The average molecular weight is 280 g/mol. The first-order valence-electron chi connectivity index (χ1n) is 7.31. The van der Waals surface area contributed by atoms with Crippen LogP contribution in [0.25, 0.3) is 0 Å². The Kier molecular flexibility index (Phi) is 5.03. The molecule has 3 heteroatoms. The maximum absolute atomic E-state index is 11.3. The van der Waals surface area contributed by atoms with Crippen molar-refractivity contribution in [3.63, 3.8) is 0 Å². The zero-order valence-corrected chi connectivity index (χ0v) is 12.7. The Morgan fingerprint density at radius 1 is 1.11 bits per heavy atom. The van der Waals surface area contributed by atoms with Crippen LogP contribution in [0.15, 0.2) is 29.2 Å². The minimum atomic E-state index is -2.47. The predicted octanol–water partition coefficient (Wildman–Crippen LogP) is 3.98. The summed E-state index contributed by atoms with van der Waals surface area (Å²) in [5, 5.41) is 0. The predicted molar refractivity (Wildman–Crippen MR) is 79.2 cm³/mol. The molecule has 0 spiro atoms. The Balaban J connectivity index is 2.06. The molecule has 0 bridgehead atoms. The van der Waals surface area contributed by atoms with Crippen molar-refractivity contribution in [2.75, 3.05) is 0 Å². The van der Waals surface area contributed by atoms with E-state index in [0.29, 0.717) is 10.8 Å². The van der Waals surface area contributed by atoms with Crippen molar-refractivity contribution >= 4 is 10.7 Å². The monoisotopic (exact) mass is 280 g/mol. The molecule has 0 atom stereocenters. The minimum absolute atomic E-state index is 0.438. The molecule has 1 fully saturated rings. The SMILES string of the molecule is CC(C)CC1CCC(c2ccccc2[SH](=O)=O)CC1. The van der Waals surface area contributed by atoms with E-state index < -0.39 is 10.7 Å². The van der Waals surface area contributed by atoms with E-state index in [1.165, 1.54) is 19.3 Å². The fourth-order valence-electron chi connectivity index (χ4n) is 3.37. The van der Waals surface area contributed by atoms with Crippen LogP contribution in [0, 0.1) is 11.8 Å². The lowest BCUT2D eigenvalue weighted by molar-refractivity contribution is 0.281. The van der Waals surface area contributed by atoms with Gasteiger partial charge in [0.2, 0.25) is 0 Å². The van der Waals surface area contributed by atoms with Crippen molar-refractivity contribution in [3.05, 3.63) is 29.8 Å². The molecule has 0 aromatic heterocycles. The third-order valence-corrected chi connectivity index (χ3v) is 5.03. The van der Waals surface area contributed by atoms with Gasteiger partial charge in [0, 0.05) is 0 Å². The summed E-state index contributed by atoms with van der Waals surface area (Å²) < 4.78 is 22.6. The van der Waals surface area contributed by atoms with Crippen LogP contribution >= 0.6 is 0 Å². The van der Waals surface area contributed by atoms with Gasteiger partial charge >= 0.3 is 0 Å². The van der Waals surface area contributed by atoms with E-state index in [0.717, 1.165) is 30.2 Å². The summed E-state index contributed by atoms with van der Waals surface area (Å²) >= 11 is 0. The van der Waals surface area contributed by atoms with E-state index in [4.69, 9.17) is 0 Å². The Hall–Kier alpha value is -0.830. The van der Waals surface area contributed by atoms with Gasteiger partial charge in [0.25, 0.3) is 0 Å². The molecule has 2 nitrogen and oxygen atoms in total. The Bertz CT molecular complexity index is 475. The lowest BCUT2D eigenvalue weighted by Gasteiger charge is -2.30. The molecule has 0 amide bonds. The maximum Gasteiger partial charge on any atom is 0.168 e. The zero-order chi connectivity index (χ0) is 13.8. The van der Waals surface area contributed by atoms with E-state index >= 15 is 0 Å². The van der Waals surface area contributed by atoms with Crippen molar-refractivity contribution in [1.29, 1.82) is 0 Å². The fourth-order valence-corrected chi connectivity index (χ4v) is 4.05. The van der Waals surface area contributed by atoms with Gasteiger partial charge in [-0.1, -0.05) is 32.0 Å². The van der Waals surface area contributed by atoms with E-state index in [9.17, 15) is 8.42 Å². The molecule has 1 aliphatic carbocycles. The van der Waals surface area contributed by atoms with Gasteiger partial charge in [-0.05, 0) is 61.5 Å². The van der Waals surface area contributed by atoms with Gasteiger partial charge in [0.05, 0.1) is 4.90 Å². The van der Waals surface area contributed by atoms with E-state index in [-0.39, 0.29) is 0 Å². The first-order valence-corrected chi connectivity index (χ1v) is 8.49. The molecule has 0 aliphatic heterocycles. The molecule has 1 aromatic carbocycles. The van der Waals surface area contributed by atoms with Gasteiger partial charge in [-0.3, -0.25) is 0 Å². The van der Waals surface area contributed by atoms with Gasteiger partial charge in [-0.2, -0.15) is 0 Å². The molecule has 0 heterocycles. The molecule has 0 saturated heterocycles. The van der Waals surface area contributed by atoms with Crippen LogP contribution < -0.4 is 0 Å². The van der Waals surface area contributed by atoms with Crippen molar-refractivity contribution < 1.29 is 8.42 Å². The smallest absolute Gasteiger partial charge is 0.168 e. The third-order valence-electron chi connectivity index (χ3n) is 4.22. The molecule has 1 aliphatic rings. The number of rotatable bonds is 4. The number of hydrogen-bond donors (Lipinski definition) is 1. The van der Waals surface area contributed by atoms with Gasteiger partial charge in [0.1, 0.15) is 0 Å². The second-order valence-electron chi connectivity index (χ2n) is 6.16. The van der Waals surface area contributed by atoms with Crippen LogP contribution in [0.4, 0.5) is 0 Å². The standard InChI is InChI=1S/C16H24O2S/c1-12(2)11-13-7-9-14(10-8-13)15-5-3-4-6-16(15)19(17)18/h3-6,12-14,19H,7-11H2,1-2H3. The van der Waals surface area contributed by atoms with Gasteiger partial charge in [-0.25, -0.2) is 8.42 Å². The second kappa shape index (κ2) is 6.56. The van der Waals surface area contributed by atoms with Crippen molar-refractivity contribution in [2.24, 2.45) is 11.8 Å². The van der Waals surface area contributed by atoms with Gasteiger partial charge in [0.15, 0.2) is 10.7 Å². The molecule has 1 aromatic rings. The van der Waals surface area contributed by atoms with Crippen molar-refractivity contribution in [1.82, 2.24) is 0 Å². The molecular formula is C16H24O2S. The molecule has 0 radical (unpaired) electrons.